The molecule has 2 heterocycles. The summed E-state index contributed by atoms with van der Waals surface area (Å²) in [5, 5.41) is 5.63. The lowest BCUT2D eigenvalue weighted by atomic mass is 10.3. The molecule has 98 valence electrons. The van der Waals surface area contributed by atoms with E-state index in [9.17, 15) is 0 Å². The number of likely N-dealkylation sites (N-methyl/N-ethyl adjacent to an activating group) is 1. The summed E-state index contributed by atoms with van der Waals surface area (Å²) in [7, 11) is 2.13. The number of nitrogens with zero attached hydrogens (tertiary/aromatic N) is 1. The first-order chi connectivity index (χ1) is 8.75. The highest BCUT2D eigenvalue weighted by molar-refractivity contribution is 7.10. The standard InChI is InChI=1S/C14H20N2OS/c1-12-4-8-18-14(12)9-15-5-6-16(2)10-13-3-7-17-11-13/h3-4,7-8,11,15H,5-6,9-10H2,1-2H3. The largest absolute Gasteiger partial charge is 0.472 e. The number of aryl methyl sites for hydroxylation is 1. The first-order valence-electron chi connectivity index (χ1n) is 6.19. The van der Waals surface area contributed by atoms with Crippen molar-refractivity contribution >= 4 is 11.3 Å². The van der Waals surface area contributed by atoms with E-state index in [0.29, 0.717) is 0 Å². The molecule has 0 amide bonds. The minimum atomic E-state index is 0.941. The highest BCUT2D eigenvalue weighted by Gasteiger charge is 2.02. The van der Waals surface area contributed by atoms with Crippen LogP contribution in [0, 0.1) is 6.92 Å². The Kier molecular flexibility index (Phi) is 4.99. The van der Waals surface area contributed by atoms with Crippen molar-refractivity contribution in [2.45, 2.75) is 20.0 Å². The van der Waals surface area contributed by atoms with E-state index in [1.807, 2.05) is 17.4 Å². The molecule has 0 aliphatic carbocycles. The minimum Gasteiger partial charge on any atom is -0.472 e. The van der Waals surface area contributed by atoms with Crippen molar-refractivity contribution in [3.8, 4) is 0 Å². The van der Waals surface area contributed by atoms with Gasteiger partial charge in [-0.2, -0.15) is 0 Å². The molecule has 0 spiro atoms. The van der Waals surface area contributed by atoms with Crippen LogP contribution in [-0.4, -0.2) is 25.0 Å². The van der Waals surface area contributed by atoms with Crippen molar-refractivity contribution < 1.29 is 4.42 Å². The van der Waals surface area contributed by atoms with Crippen molar-refractivity contribution in [2.75, 3.05) is 20.1 Å². The summed E-state index contributed by atoms with van der Waals surface area (Å²) in [5.74, 6) is 0. The summed E-state index contributed by atoms with van der Waals surface area (Å²) in [5.41, 5.74) is 2.62. The van der Waals surface area contributed by atoms with Crippen molar-refractivity contribution in [1.29, 1.82) is 0 Å². The molecular weight excluding hydrogens is 244 g/mol. The van der Waals surface area contributed by atoms with Crippen molar-refractivity contribution in [1.82, 2.24) is 10.2 Å². The van der Waals surface area contributed by atoms with Crippen LogP contribution in [0.1, 0.15) is 16.0 Å². The lowest BCUT2D eigenvalue weighted by Crippen LogP contribution is -2.28. The molecule has 0 aliphatic heterocycles. The summed E-state index contributed by atoms with van der Waals surface area (Å²) in [6.07, 6.45) is 3.53. The van der Waals surface area contributed by atoms with Crippen LogP contribution in [-0.2, 0) is 13.1 Å². The predicted molar refractivity (Wildman–Crippen MR) is 75.8 cm³/mol. The molecule has 2 aromatic heterocycles. The second-order valence-corrected chi connectivity index (χ2v) is 5.57. The second-order valence-electron chi connectivity index (χ2n) is 4.57. The van der Waals surface area contributed by atoms with Gasteiger partial charge < -0.3 is 14.6 Å². The third kappa shape index (κ3) is 3.98. The van der Waals surface area contributed by atoms with Crippen molar-refractivity contribution in [3.05, 3.63) is 46.0 Å². The van der Waals surface area contributed by atoms with Crippen LogP contribution < -0.4 is 5.32 Å². The Hall–Kier alpha value is -1.10. The summed E-state index contributed by atoms with van der Waals surface area (Å²) >= 11 is 1.82. The van der Waals surface area contributed by atoms with Crippen molar-refractivity contribution in [2.24, 2.45) is 0 Å². The molecule has 0 bridgehead atoms. The first kappa shape index (κ1) is 13.3. The van der Waals surface area contributed by atoms with E-state index in [2.05, 4.69) is 35.6 Å². The van der Waals surface area contributed by atoms with Gasteiger partial charge in [-0.15, -0.1) is 11.3 Å². The lowest BCUT2D eigenvalue weighted by Gasteiger charge is -2.15. The van der Waals surface area contributed by atoms with Crippen LogP contribution in [0.2, 0.25) is 0 Å². The third-order valence-electron chi connectivity index (χ3n) is 2.96. The highest BCUT2D eigenvalue weighted by Crippen LogP contribution is 2.14. The molecular formula is C14H20N2OS. The van der Waals surface area contributed by atoms with E-state index in [1.54, 1.807) is 12.5 Å². The zero-order valence-electron chi connectivity index (χ0n) is 11.0. The van der Waals surface area contributed by atoms with Crippen LogP contribution in [0.5, 0.6) is 0 Å². The number of thiophene rings is 1. The Labute approximate surface area is 112 Å². The molecule has 0 radical (unpaired) electrons. The van der Waals surface area contributed by atoms with Gasteiger partial charge in [0.2, 0.25) is 0 Å². The molecule has 0 saturated heterocycles. The molecule has 0 saturated carbocycles. The molecule has 3 nitrogen and oxygen atoms in total. The fraction of sp³-hybridized carbons (Fsp3) is 0.429. The number of rotatable bonds is 7. The Balaban J connectivity index is 1.62. The molecule has 0 fully saturated rings. The second kappa shape index (κ2) is 6.73. The summed E-state index contributed by atoms with van der Waals surface area (Å²) < 4.78 is 5.06. The normalized spacial score (nSPS) is 11.3. The zero-order valence-corrected chi connectivity index (χ0v) is 11.8. The van der Waals surface area contributed by atoms with Gasteiger partial charge >= 0.3 is 0 Å². The predicted octanol–water partition coefficient (Wildman–Crippen LogP) is 2.87. The SMILES string of the molecule is Cc1ccsc1CNCCN(C)Cc1ccoc1. The van der Waals surface area contributed by atoms with Gasteiger partial charge in [0, 0.05) is 36.6 Å². The van der Waals surface area contributed by atoms with E-state index in [1.165, 1.54) is 16.0 Å². The quantitative estimate of drug-likeness (QED) is 0.780. The van der Waals surface area contributed by atoms with Crippen LogP contribution in [0.15, 0.2) is 34.5 Å². The van der Waals surface area contributed by atoms with Crippen LogP contribution in [0.4, 0.5) is 0 Å². The highest BCUT2D eigenvalue weighted by atomic mass is 32.1. The summed E-state index contributed by atoms with van der Waals surface area (Å²) in [6, 6.07) is 4.19. The summed E-state index contributed by atoms with van der Waals surface area (Å²) in [4.78, 5) is 3.73. The van der Waals surface area contributed by atoms with Crippen LogP contribution in [0.3, 0.4) is 0 Å². The lowest BCUT2D eigenvalue weighted by molar-refractivity contribution is 0.323. The molecule has 18 heavy (non-hydrogen) atoms. The first-order valence-corrected chi connectivity index (χ1v) is 7.07. The third-order valence-corrected chi connectivity index (χ3v) is 3.98. The van der Waals surface area contributed by atoms with Gasteiger partial charge in [-0.3, -0.25) is 0 Å². The molecule has 1 N–H and O–H groups in total. The maximum Gasteiger partial charge on any atom is 0.0947 e. The van der Waals surface area contributed by atoms with E-state index >= 15 is 0 Å². The summed E-state index contributed by atoms with van der Waals surface area (Å²) in [6.45, 7) is 6.12. The average molecular weight is 264 g/mol. The molecule has 0 unspecified atom stereocenters. The Morgan fingerprint density at radius 3 is 2.94 bits per heavy atom. The van der Waals surface area contributed by atoms with Crippen LogP contribution >= 0.6 is 11.3 Å². The number of hydrogen-bond donors (Lipinski definition) is 1. The Morgan fingerprint density at radius 2 is 2.28 bits per heavy atom. The molecule has 4 heteroatoms. The van der Waals surface area contributed by atoms with Crippen molar-refractivity contribution in [3.63, 3.8) is 0 Å². The fourth-order valence-corrected chi connectivity index (χ4v) is 2.71. The minimum absolute atomic E-state index is 0.941. The zero-order chi connectivity index (χ0) is 12.8. The number of nitrogens with one attached hydrogen (secondary N) is 1. The molecule has 2 aromatic rings. The van der Waals surface area contributed by atoms with Gasteiger partial charge in [-0.05, 0) is 37.0 Å². The fourth-order valence-electron chi connectivity index (χ4n) is 1.83. The Morgan fingerprint density at radius 1 is 1.39 bits per heavy atom. The smallest absolute Gasteiger partial charge is 0.0947 e. The van der Waals surface area contributed by atoms with Crippen LogP contribution in [0.25, 0.3) is 0 Å². The van der Waals surface area contributed by atoms with Gasteiger partial charge in [-0.1, -0.05) is 0 Å². The number of hydrogen-bond acceptors (Lipinski definition) is 4. The van der Waals surface area contributed by atoms with E-state index in [0.717, 1.165) is 26.2 Å². The number of furan rings is 1. The molecule has 2 rings (SSSR count). The van der Waals surface area contributed by atoms with Gasteiger partial charge in [0.25, 0.3) is 0 Å². The van der Waals surface area contributed by atoms with E-state index in [4.69, 9.17) is 4.42 Å². The van der Waals surface area contributed by atoms with Gasteiger partial charge in [-0.25, -0.2) is 0 Å². The average Bonchev–Trinajstić information content (AvgIpc) is 2.97. The van der Waals surface area contributed by atoms with E-state index < -0.39 is 0 Å². The topological polar surface area (TPSA) is 28.4 Å². The Bertz CT molecular complexity index is 450. The molecule has 0 atom stereocenters. The maximum absolute atomic E-state index is 5.06. The maximum atomic E-state index is 5.06. The molecule has 0 aliphatic rings. The molecule has 0 aromatic carbocycles. The van der Waals surface area contributed by atoms with Gasteiger partial charge in [0.05, 0.1) is 12.5 Å². The van der Waals surface area contributed by atoms with E-state index in [-0.39, 0.29) is 0 Å². The monoisotopic (exact) mass is 264 g/mol. The van der Waals surface area contributed by atoms with Gasteiger partial charge in [0.15, 0.2) is 0 Å². The van der Waals surface area contributed by atoms with Gasteiger partial charge in [0.1, 0.15) is 0 Å².